The van der Waals surface area contributed by atoms with E-state index in [-0.39, 0.29) is 19.2 Å². The Morgan fingerprint density at radius 3 is 2.24 bits per heavy atom. The van der Waals surface area contributed by atoms with E-state index in [4.69, 9.17) is 10.5 Å². The van der Waals surface area contributed by atoms with Crippen LogP contribution in [0.25, 0.3) is 0 Å². The summed E-state index contributed by atoms with van der Waals surface area (Å²) < 4.78 is 5.53. The lowest BCUT2D eigenvalue weighted by Crippen LogP contribution is -2.54. The van der Waals surface area contributed by atoms with Crippen molar-refractivity contribution in [2.24, 2.45) is 11.7 Å². The molecule has 3 rings (SSSR count). The van der Waals surface area contributed by atoms with Crippen LogP contribution in [0.4, 0.5) is 4.79 Å². The van der Waals surface area contributed by atoms with Crippen molar-refractivity contribution in [1.29, 1.82) is 0 Å². The van der Waals surface area contributed by atoms with Crippen LogP contribution in [0, 0.1) is 5.92 Å². The molecule has 8 nitrogen and oxygen atoms in total. The monoisotopic (exact) mass is 455 g/mol. The molecule has 1 aliphatic carbocycles. The third-order valence-electron chi connectivity index (χ3n) is 6.12. The number of carbonyl (C=O) groups is 2. The predicted molar refractivity (Wildman–Crippen MR) is 124 cm³/mol. The smallest absolute Gasteiger partial charge is 0.419 e. The highest BCUT2D eigenvalue weighted by Gasteiger charge is 2.37. The fraction of sp³-hybridized carbons (Fsp3) is 0.440. The Morgan fingerprint density at radius 2 is 1.64 bits per heavy atom. The number of benzene rings is 2. The second-order valence-corrected chi connectivity index (χ2v) is 8.48. The average molecular weight is 456 g/mol. The number of hydrogen-bond donors (Lipinski definition) is 4. The molecule has 178 valence electrons. The third-order valence-corrected chi connectivity index (χ3v) is 6.12. The van der Waals surface area contributed by atoms with Gasteiger partial charge in [-0.3, -0.25) is 10.2 Å². The second kappa shape index (κ2) is 12.3. The maximum atomic E-state index is 13.1. The van der Waals surface area contributed by atoms with Crippen molar-refractivity contribution in [3.63, 3.8) is 0 Å². The maximum Gasteiger partial charge on any atom is 0.419 e. The number of nitrogens with one attached hydrogen (secondary N) is 1. The number of ether oxygens (including phenoxy) is 1. The number of nitrogens with zero attached hydrogens (tertiary/aromatic N) is 1. The molecule has 8 heteroatoms. The van der Waals surface area contributed by atoms with Gasteiger partial charge >= 0.3 is 12.1 Å². The van der Waals surface area contributed by atoms with E-state index < -0.39 is 30.1 Å². The Balaban J connectivity index is 1.78. The molecule has 0 radical (unpaired) electrons. The third kappa shape index (κ3) is 7.28. The van der Waals surface area contributed by atoms with Gasteiger partial charge in [0.25, 0.3) is 0 Å². The summed E-state index contributed by atoms with van der Waals surface area (Å²) in [7, 11) is 0. The van der Waals surface area contributed by atoms with Crippen LogP contribution >= 0.6 is 0 Å². The molecule has 0 heterocycles. The predicted octanol–water partition coefficient (Wildman–Crippen LogP) is 3.22. The SMILES string of the molecule is NC(c1ccccc1)[C@H](C(=O)OCc1ccccc1)[C@@H](O)CN(NC(=O)O)C1CCCCC1. The number of amides is 1. The highest BCUT2D eigenvalue weighted by atomic mass is 16.5. The molecule has 1 fully saturated rings. The molecule has 2 aromatic rings. The summed E-state index contributed by atoms with van der Waals surface area (Å²) in [6.45, 7) is -0.00722. The molecule has 33 heavy (non-hydrogen) atoms. The lowest BCUT2D eigenvalue weighted by atomic mass is 9.88. The standard InChI is InChI=1S/C25H33N3O5/c26-23(19-12-6-2-7-13-19)22(24(30)33-17-18-10-4-1-5-11-18)21(29)16-28(27-25(31)32)20-14-8-3-9-15-20/h1-2,4-7,10-13,20-23,27,29H,3,8-9,14-17,26H2,(H,31,32)/t21-,22+,23?/m0/s1. The highest BCUT2D eigenvalue weighted by molar-refractivity contribution is 5.74. The van der Waals surface area contributed by atoms with E-state index in [1.807, 2.05) is 48.5 Å². The molecular formula is C25H33N3O5. The van der Waals surface area contributed by atoms with E-state index in [2.05, 4.69) is 5.43 Å². The van der Waals surface area contributed by atoms with E-state index in [0.717, 1.165) is 37.7 Å². The van der Waals surface area contributed by atoms with E-state index in [1.165, 1.54) is 5.01 Å². The number of aliphatic hydroxyl groups excluding tert-OH is 1. The molecule has 3 atom stereocenters. The molecule has 0 bridgehead atoms. The molecule has 0 aliphatic heterocycles. The fourth-order valence-corrected chi connectivity index (χ4v) is 4.37. The summed E-state index contributed by atoms with van der Waals surface area (Å²) in [5.41, 5.74) is 10.4. The summed E-state index contributed by atoms with van der Waals surface area (Å²) in [5, 5.41) is 22.0. The van der Waals surface area contributed by atoms with Crippen molar-refractivity contribution in [3.8, 4) is 0 Å². The number of carbonyl (C=O) groups excluding carboxylic acids is 1. The largest absolute Gasteiger partial charge is 0.464 e. The van der Waals surface area contributed by atoms with Crippen LogP contribution in [0.3, 0.4) is 0 Å². The number of hydrazine groups is 1. The maximum absolute atomic E-state index is 13.1. The van der Waals surface area contributed by atoms with Crippen LogP contribution in [0.15, 0.2) is 60.7 Å². The quantitative estimate of drug-likeness (QED) is 0.320. The second-order valence-electron chi connectivity index (χ2n) is 8.48. The Hall–Kier alpha value is -2.94. The van der Waals surface area contributed by atoms with Crippen LogP contribution < -0.4 is 11.2 Å². The summed E-state index contributed by atoms with van der Waals surface area (Å²) in [6.07, 6.45) is 2.28. The first-order chi connectivity index (χ1) is 16.0. The van der Waals surface area contributed by atoms with Gasteiger partial charge in [0, 0.05) is 18.6 Å². The highest BCUT2D eigenvalue weighted by Crippen LogP contribution is 2.27. The Kier molecular flexibility index (Phi) is 9.24. The Morgan fingerprint density at radius 1 is 1.03 bits per heavy atom. The Labute approximate surface area is 194 Å². The average Bonchev–Trinajstić information content (AvgIpc) is 2.84. The van der Waals surface area contributed by atoms with Crippen LogP contribution in [0.2, 0.25) is 0 Å². The summed E-state index contributed by atoms with van der Waals surface area (Å²) in [5.74, 6) is -1.69. The van der Waals surface area contributed by atoms with Crippen molar-refractivity contribution in [1.82, 2.24) is 10.4 Å². The minimum Gasteiger partial charge on any atom is -0.464 e. The molecule has 1 saturated carbocycles. The van der Waals surface area contributed by atoms with E-state index in [9.17, 15) is 19.8 Å². The van der Waals surface area contributed by atoms with Crippen molar-refractivity contribution < 1.29 is 24.5 Å². The molecule has 0 saturated heterocycles. The lowest BCUT2D eigenvalue weighted by molar-refractivity contribution is -0.156. The van der Waals surface area contributed by atoms with E-state index in [0.29, 0.717) is 5.56 Å². The van der Waals surface area contributed by atoms with E-state index in [1.54, 1.807) is 12.1 Å². The number of esters is 1. The number of hydrogen-bond acceptors (Lipinski definition) is 6. The number of carboxylic acid groups (broad SMARTS) is 1. The number of nitrogens with two attached hydrogens (primary N) is 1. The van der Waals surface area contributed by atoms with Gasteiger partial charge in [0.15, 0.2) is 0 Å². The number of rotatable bonds is 10. The molecule has 5 N–H and O–H groups in total. The zero-order chi connectivity index (χ0) is 23.6. The van der Waals surface area contributed by atoms with Crippen LogP contribution in [-0.4, -0.2) is 46.0 Å². The minimum atomic E-state index is -1.24. The minimum absolute atomic E-state index is 0.0431. The van der Waals surface area contributed by atoms with Gasteiger partial charge in [-0.15, -0.1) is 0 Å². The van der Waals surface area contributed by atoms with Gasteiger partial charge < -0.3 is 20.7 Å². The van der Waals surface area contributed by atoms with Gasteiger partial charge in [0.2, 0.25) is 0 Å². The topological polar surface area (TPSA) is 125 Å². The molecular weight excluding hydrogens is 422 g/mol. The normalized spacial score (nSPS) is 17.2. The Bertz CT molecular complexity index is 874. The van der Waals surface area contributed by atoms with Gasteiger partial charge in [-0.05, 0) is 24.0 Å². The van der Waals surface area contributed by atoms with Crippen LogP contribution in [0.1, 0.15) is 49.3 Å². The zero-order valence-corrected chi connectivity index (χ0v) is 18.7. The lowest BCUT2D eigenvalue weighted by Gasteiger charge is -2.36. The first-order valence-corrected chi connectivity index (χ1v) is 11.4. The molecule has 0 aromatic heterocycles. The van der Waals surface area contributed by atoms with Gasteiger partial charge in [-0.1, -0.05) is 79.9 Å². The van der Waals surface area contributed by atoms with Gasteiger partial charge in [0.1, 0.15) is 12.5 Å². The van der Waals surface area contributed by atoms with Gasteiger partial charge in [0.05, 0.1) is 6.10 Å². The van der Waals surface area contributed by atoms with Gasteiger partial charge in [-0.2, -0.15) is 0 Å². The number of aliphatic hydroxyl groups is 1. The summed E-state index contributed by atoms with van der Waals surface area (Å²) in [4.78, 5) is 24.5. The van der Waals surface area contributed by atoms with Crippen LogP contribution in [0.5, 0.6) is 0 Å². The molecule has 1 unspecified atom stereocenters. The fourth-order valence-electron chi connectivity index (χ4n) is 4.37. The first kappa shape index (κ1) is 24.7. The van der Waals surface area contributed by atoms with Crippen molar-refractivity contribution >= 4 is 12.1 Å². The zero-order valence-electron chi connectivity index (χ0n) is 18.7. The van der Waals surface area contributed by atoms with Crippen molar-refractivity contribution in [2.75, 3.05) is 6.54 Å². The molecule has 1 aliphatic rings. The first-order valence-electron chi connectivity index (χ1n) is 11.4. The van der Waals surface area contributed by atoms with Crippen LogP contribution in [-0.2, 0) is 16.1 Å². The van der Waals surface area contributed by atoms with E-state index >= 15 is 0 Å². The van der Waals surface area contributed by atoms with Gasteiger partial charge in [-0.25, -0.2) is 9.80 Å². The molecule has 0 spiro atoms. The molecule has 1 amide bonds. The van der Waals surface area contributed by atoms with Crippen molar-refractivity contribution in [3.05, 3.63) is 71.8 Å². The van der Waals surface area contributed by atoms with Crippen molar-refractivity contribution in [2.45, 2.75) is 56.9 Å². The summed E-state index contributed by atoms with van der Waals surface area (Å²) >= 11 is 0. The summed E-state index contributed by atoms with van der Waals surface area (Å²) in [6, 6.07) is 17.5. The molecule has 2 aromatic carbocycles.